The number of hydrogen-bond donors (Lipinski definition) is 0. The van der Waals surface area contributed by atoms with Crippen molar-refractivity contribution in [2.75, 3.05) is 14.2 Å². The summed E-state index contributed by atoms with van der Waals surface area (Å²) < 4.78 is 12.6. The Morgan fingerprint density at radius 1 is 1.08 bits per heavy atom. The largest absolute Gasteiger partial charge is 0.493 e. The molecule has 5 nitrogen and oxygen atoms in total. The lowest BCUT2D eigenvalue weighted by molar-refractivity contribution is 0.103. The number of methoxy groups -OCH3 is 2. The van der Waals surface area contributed by atoms with Gasteiger partial charge in [-0.15, -0.1) is 0 Å². The molecule has 2 aromatic carbocycles. The zero-order valence-electron chi connectivity index (χ0n) is 15.0. The number of imidazole rings is 1. The SMILES string of the molecule is COc1cccc(C(=O)c2cc(Cl)ccc2-n2cnc(C)c2C)c1OC. The van der Waals surface area contributed by atoms with Crippen molar-refractivity contribution in [3.05, 3.63) is 70.3 Å². The van der Waals surface area contributed by atoms with Crippen molar-refractivity contribution in [2.45, 2.75) is 13.8 Å². The van der Waals surface area contributed by atoms with Gasteiger partial charge in [0.25, 0.3) is 0 Å². The molecule has 0 fully saturated rings. The Balaban J connectivity index is 2.20. The number of ketones is 1. The quantitative estimate of drug-likeness (QED) is 0.625. The van der Waals surface area contributed by atoms with E-state index in [1.807, 2.05) is 24.5 Å². The van der Waals surface area contributed by atoms with Crippen LogP contribution >= 0.6 is 11.6 Å². The lowest BCUT2D eigenvalue weighted by Crippen LogP contribution is -2.10. The van der Waals surface area contributed by atoms with Gasteiger partial charge in [0.1, 0.15) is 0 Å². The Labute approximate surface area is 157 Å². The maximum Gasteiger partial charge on any atom is 0.199 e. The number of aromatic nitrogens is 2. The molecular formula is C20H19ClN2O3. The second-order valence-electron chi connectivity index (χ2n) is 5.82. The first kappa shape index (κ1) is 18.0. The van der Waals surface area contributed by atoms with E-state index in [0.717, 1.165) is 11.4 Å². The van der Waals surface area contributed by atoms with E-state index in [2.05, 4.69) is 4.98 Å². The summed E-state index contributed by atoms with van der Waals surface area (Å²) in [5.74, 6) is 0.685. The third kappa shape index (κ3) is 3.06. The number of halogens is 1. The van der Waals surface area contributed by atoms with E-state index in [-0.39, 0.29) is 5.78 Å². The highest BCUT2D eigenvalue weighted by Gasteiger charge is 2.22. The highest BCUT2D eigenvalue weighted by Crippen LogP contribution is 2.34. The van der Waals surface area contributed by atoms with Crippen LogP contribution in [0.25, 0.3) is 5.69 Å². The summed E-state index contributed by atoms with van der Waals surface area (Å²) in [6, 6.07) is 10.4. The van der Waals surface area contributed by atoms with E-state index in [9.17, 15) is 4.79 Å². The summed E-state index contributed by atoms with van der Waals surface area (Å²) in [5.41, 5.74) is 3.44. The first-order valence-corrected chi connectivity index (χ1v) is 8.42. The standard InChI is InChI=1S/C20H19ClN2O3/c1-12-13(2)23(11-22-12)17-9-8-14(21)10-16(17)19(24)15-6-5-7-18(25-3)20(15)26-4/h5-11H,1-4H3. The topological polar surface area (TPSA) is 53.4 Å². The highest BCUT2D eigenvalue weighted by molar-refractivity contribution is 6.31. The van der Waals surface area contributed by atoms with Crippen LogP contribution in [-0.4, -0.2) is 29.6 Å². The van der Waals surface area contributed by atoms with Crippen LogP contribution in [-0.2, 0) is 0 Å². The van der Waals surface area contributed by atoms with Gasteiger partial charge in [-0.25, -0.2) is 4.98 Å². The van der Waals surface area contributed by atoms with Crippen LogP contribution in [0.15, 0.2) is 42.7 Å². The third-order valence-electron chi connectivity index (χ3n) is 4.36. The van der Waals surface area contributed by atoms with Gasteiger partial charge in [-0.3, -0.25) is 4.79 Å². The van der Waals surface area contributed by atoms with Gasteiger partial charge in [0.2, 0.25) is 0 Å². The van der Waals surface area contributed by atoms with Crippen molar-refractivity contribution in [2.24, 2.45) is 0 Å². The van der Waals surface area contributed by atoms with Gasteiger partial charge in [0.05, 0.1) is 37.5 Å². The van der Waals surface area contributed by atoms with Gasteiger partial charge in [0.15, 0.2) is 17.3 Å². The van der Waals surface area contributed by atoms with Crippen LogP contribution in [0, 0.1) is 13.8 Å². The number of ether oxygens (including phenoxy) is 2. The molecule has 0 saturated heterocycles. The molecule has 0 saturated carbocycles. The monoisotopic (exact) mass is 370 g/mol. The molecule has 1 heterocycles. The summed E-state index contributed by atoms with van der Waals surface area (Å²) in [6.45, 7) is 3.88. The average Bonchev–Trinajstić information content (AvgIpc) is 2.99. The van der Waals surface area contributed by atoms with E-state index in [0.29, 0.717) is 33.3 Å². The molecule has 0 unspecified atom stereocenters. The molecule has 0 aliphatic carbocycles. The molecule has 0 bridgehead atoms. The molecule has 3 rings (SSSR count). The second-order valence-corrected chi connectivity index (χ2v) is 6.25. The molecule has 134 valence electrons. The van der Waals surface area contributed by atoms with Crippen LogP contribution in [0.4, 0.5) is 0 Å². The third-order valence-corrected chi connectivity index (χ3v) is 4.60. The molecule has 0 amide bonds. The zero-order chi connectivity index (χ0) is 18.8. The minimum Gasteiger partial charge on any atom is -0.493 e. The summed E-state index contributed by atoms with van der Waals surface area (Å²) in [6.07, 6.45) is 1.70. The highest BCUT2D eigenvalue weighted by atomic mass is 35.5. The number of hydrogen-bond acceptors (Lipinski definition) is 4. The maximum atomic E-state index is 13.3. The lowest BCUT2D eigenvalue weighted by Gasteiger charge is -2.15. The molecule has 0 aliphatic rings. The second kappa shape index (κ2) is 7.22. The number of nitrogens with zero attached hydrogens (tertiary/aromatic N) is 2. The number of aryl methyl sites for hydroxylation is 1. The van der Waals surface area contributed by atoms with Crippen LogP contribution in [0.3, 0.4) is 0 Å². The van der Waals surface area contributed by atoms with E-state index < -0.39 is 0 Å². The molecule has 0 N–H and O–H groups in total. The van der Waals surface area contributed by atoms with Gasteiger partial charge in [-0.1, -0.05) is 17.7 Å². The Kier molecular flexibility index (Phi) is 5.00. The van der Waals surface area contributed by atoms with E-state index in [4.69, 9.17) is 21.1 Å². The van der Waals surface area contributed by atoms with Crippen molar-refractivity contribution < 1.29 is 14.3 Å². The van der Waals surface area contributed by atoms with Crippen LogP contribution in [0.1, 0.15) is 27.3 Å². The fourth-order valence-corrected chi connectivity index (χ4v) is 3.02. The average molecular weight is 371 g/mol. The molecule has 0 spiro atoms. The molecule has 6 heteroatoms. The maximum absolute atomic E-state index is 13.3. The van der Waals surface area contributed by atoms with Gasteiger partial charge in [-0.05, 0) is 44.2 Å². The van der Waals surface area contributed by atoms with E-state index in [1.54, 1.807) is 36.7 Å². The Bertz CT molecular complexity index is 979. The Morgan fingerprint density at radius 2 is 1.85 bits per heavy atom. The van der Waals surface area contributed by atoms with Crippen molar-refractivity contribution in [1.82, 2.24) is 9.55 Å². The van der Waals surface area contributed by atoms with Gasteiger partial charge in [0, 0.05) is 16.3 Å². The molecule has 1 aromatic heterocycles. The van der Waals surface area contributed by atoms with Crippen molar-refractivity contribution in [3.8, 4) is 17.2 Å². The van der Waals surface area contributed by atoms with Crippen LogP contribution < -0.4 is 9.47 Å². The van der Waals surface area contributed by atoms with Crippen molar-refractivity contribution >= 4 is 17.4 Å². The normalized spacial score (nSPS) is 10.7. The lowest BCUT2D eigenvalue weighted by atomic mass is 10.00. The number of rotatable bonds is 5. The number of carbonyl (C=O) groups is 1. The van der Waals surface area contributed by atoms with Crippen molar-refractivity contribution in [1.29, 1.82) is 0 Å². The predicted octanol–water partition coefficient (Wildman–Crippen LogP) is 4.39. The fraction of sp³-hybridized carbons (Fsp3) is 0.200. The first-order valence-electron chi connectivity index (χ1n) is 8.04. The predicted molar refractivity (Wildman–Crippen MR) is 101 cm³/mol. The number of para-hydroxylation sites is 1. The molecular weight excluding hydrogens is 352 g/mol. The van der Waals surface area contributed by atoms with E-state index in [1.165, 1.54) is 14.2 Å². The number of carbonyl (C=O) groups excluding carboxylic acids is 1. The number of benzene rings is 2. The van der Waals surface area contributed by atoms with Gasteiger partial charge < -0.3 is 14.0 Å². The summed E-state index contributed by atoms with van der Waals surface area (Å²) in [4.78, 5) is 17.7. The molecule has 0 aliphatic heterocycles. The molecule has 0 radical (unpaired) electrons. The minimum absolute atomic E-state index is 0.205. The van der Waals surface area contributed by atoms with Crippen LogP contribution in [0.5, 0.6) is 11.5 Å². The smallest absolute Gasteiger partial charge is 0.199 e. The summed E-state index contributed by atoms with van der Waals surface area (Å²) in [7, 11) is 3.05. The Morgan fingerprint density at radius 3 is 2.46 bits per heavy atom. The van der Waals surface area contributed by atoms with E-state index >= 15 is 0 Å². The molecule has 0 atom stereocenters. The molecule has 26 heavy (non-hydrogen) atoms. The fourth-order valence-electron chi connectivity index (χ4n) is 2.85. The minimum atomic E-state index is -0.205. The Hall–Kier alpha value is -2.79. The summed E-state index contributed by atoms with van der Waals surface area (Å²) >= 11 is 6.18. The first-order chi connectivity index (χ1) is 12.5. The molecule has 3 aromatic rings. The van der Waals surface area contributed by atoms with Crippen molar-refractivity contribution in [3.63, 3.8) is 0 Å². The summed E-state index contributed by atoms with van der Waals surface area (Å²) in [5, 5.41) is 0.480. The van der Waals surface area contributed by atoms with Gasteiger partial charge >= 0.3 is 0 Å². The van der Waals surface area contributed by atoms with Gasteiger partial charge in [-0.2, -0.15) is 0 Å². The van der Waals surface area contributed by atoms with Crippen LogP contribution in [0.2, 0.25) is 5.02 Å². The zero-order valence-corrected chi connectivity index (χ0v) is 15.8.